The molecular weight excluding hydrogens is 365 g/mol. The van der Waals surface area contributed by atoms with Crippen molar-refractivity contribution < 1.29 is 23.5 Å². The Kier molecular flexibility index (Phi) is 6.34. The van der Waals surface area contributed by atoms with Gasteiger partial charge in [0.25, 0.3) is 5.56 Å². The van der Waals surface area contributed by atoms with Crippen molar-refractivity contribution in [3.63, 3.8) is 0 Å². The number of carbonyl (C=O) groups excluding carboxylic acids is 1. The van der Waals surface area contributed by atoms with Gasteiger partial charge in [0.2, 0.25) is 0 Å². The Balaban J connectivity index is 2.36. The van der Waals surface area contributed by atoms with Gasteiger partial charge < -0.3 is 9.63 Å². The van der Waals surface area contributed by atoms with Gasteiger partial charge in [0.05, 0.1) is 12.2 Å². The molecule has 0 saturated carbocycles. The van der Waals surface area contributed by atoms with Gasteiger partial charge in [-0.25, -0.2) is 14.4 Å². The molecule has 1 aliphatic rings. The van der Waals surface area contributed by atoms with E-state index >= 15 is 0 Å². The number of rotatable bonds is 6. The maximum absolute atomic E-state index is 12.1. The first kappa shape index (κ1) is 20.3. The van der Waals surface area contributed by atoms with E-state index in [1.807, 2.05) is 0 Å². The van der Waals surface area contributed by atoms with E-state index in [0.29, 0.717) is 0 Å². The molecule has 1 aromatic rings. The standard InChI is InChI=1S/C15H20N3O7P/c1-4-5-10-8-18(15(21)17-14(10)20)13-7-12(25-26(22,23)16-3)11(24-13)6-9(2)19/h8,11-13H,6-7H2,1-3H3,(H2,16,22,23)(H,17,20,21)/t11?,12-,13-/m1/s1. The number of hydrogen-bond donors (Lipinski definition) is 3. The van der Waals surface area contributed by atoms with Crippen molar-refractivity contribution in [1.82, 2.24) is 14.6 Å². The SMILES string of the molecule is CC#Cc1cn([C@H]2C[C@@H](OP(=O)(O)NC)C(CC(C)=O)O2)c(=O)[nH]c1=O. The lowest BCUT2D eigenvalue weighted by molar-refractivity contribution is -0.121. The molecule has 2 unspecified atom stereocenters. The molecule has 3 N–H and O–H groups in total. The average Bonchev–Trinajstić information content (AvgIpc) is 2.91. The number of aromatic nitrogens is 2. The maximum atomic E-state index is 12.1. The zero-order valence-corrected chi connectivity index (χ0v) is 15.4. The molecule has 1 aromatic heterocycles. The summed E-state index contributed by atoms with van der Waals surface area (Å²) in [5.41, 5.74) is -1.27. The molecule has 4 atom stereocenters. The van der Waals surface area contributed by atoms with Crippen molar-refractivity contribution in [2.24, 2.45) is 0 Å². The van der Waals surface area contributed by atoms with E-state index < -0.39 is 37.4 Å². The Morgan fingerprint density at radius 1 is 1.58 bits per heavy atom. The largest absolute Gasteiger partial charge is 0.403 e. The fraction of sp³-hybridized carbons (Fsp3) is 0.533. The maximum Gasteiger partial charge on any atom is 0.403 e. The van der Waals surface area contributed by atoms with Crippen LogP contribution in [-0.4, -0.2) is 39.5 Å². The summed E-state index contributed by atoms with van der Waals surface area (Å²) in [6, 6.07) is 0. The molecule has 2 rings (SSSR count). The van der Waals surface area contributed by atoms with Crippen LogP contribution in [-0.2, 0) is 18.6 Å². The molecule has 0 aliphatic carbocycles. The lowest BCUT2D eigenvalue weighted by Gasteiger charge is -2.20. The van der Waals surface area contributed by atoms with Crippen molar-refractivity contribution in [2.75, 3.05) is 7.05 Å². The van der Waals surface area contributed by atoms with Gasteiger partial charge in [-0.1, -0.05) is 5.92 Å². The third-order valence-corrected chi connectivity index (χ3v) is 4.89. The van der Waals surface area contributed by atoms with Crippen molar-refractivity contribution in [2.45, 2.75) is 45.1 Å². The molecule has 10 nitrogen and oxygen atoms in total. The van der Waals surface area contributed by atoms with Gasteiger partial charge in [-0.05, 0) is 20.9 Å². The van der Waals surface area contributed by atoms with E-state index in [9.17, 15) is 23.8 Å². The zero-order chi connectivity index (χ0) is 19.5. The van der Waals surface area contributed by atoms with Crippen LogP contribution in [0.5, 0.6) is 0 Å². The molecule has 0 amide bonds. The van der Waals surface area contributed by atoms with Crippen LogP contribution in [0.15, 0.2) is 15.8 Å². The summed E-state index contributed by atoms with van der Waals surface area (Å²) in [6.07, 6.45) is -1.35. The Hall–Kier alpha value is -2.02. The fourth-order valence-electron chi connectivity index (χ4n) is 2.61. The molecule has 142 valence electrons. The van der Waals surface area contributed by atoms with Crippen LogP contribution < -0.4 is 16.3 Å². The van der Waals surface area contributed by atoms with Gasteiger partial charge in [0, 0.05) is 19.0 Å². The first-order valence-electron chi connectivity index (χ1n) is 7.80. The summed E-state index contributed by atoms with van der Waals surface area (Å²) >= 11 is 0. The number of carbonyl (C=O) groups is 1. The fourth-order valence-corrected chi connectivity index (χ4v) is 3.30. The van der Waals surface area contributed by atoms with Crippen molar-refractivity contribution in [3.05, 3.63) is 32.6 Å². The smallest absolute Gasteiger partial charge is 0.351 e. The molecule has 26 heavy (non-hydrogen) atoms. The van der Waals surface area contributed by atoms with Gasteiger partial charge in [-0.15, -0.1) is 5.92 Å². The summed E-state index contributed by atoms with van der Waals surface area (Å²) < 4.78 is 23.8. The van der Waals surface area contributed by atoms with E-state index in [0.717, 1.165) is 4.57 Å². The highest BCUT2D eigenvalue weighted by Crippen LogP contribution is 2.43. The third-order valence-electron chi connectivity index (χ3n) is 3.77. The quantitative estimate of drug-likeness (QED) is 0.455. The van der Waals surface area contributed by atoms with Crippen molar-refractivity contribution >= 4 is 13.5 Å². The number of nitrogens with one attached hydrogen (secondary N) is 2. The van der Waals surface area contributed by atoms with Crippen molar-refractivity contribution in [1.29, 1.82) is 0 Å². The van der Waals surface area contributed by atoms with Crippen LogP contribution >= 0.6 is 7.75 Å². The summed E-state index contributed by atoms with van der Waals surface area (Å²) in [5.74, 6) is 4.95. The van der Waals surface area contributed by atoms with Gasteiger partial charge >= 0.3 is 13.4 Å². The molecule has 1 aliphatic heterocycles. The second-order valence-corrected chi connectivity index (χ2v) is 7.44. The number of ether oxygens (including phenoxy) is 1. The summed E-state index contributed by atoms with van der Waals surface area (Å²) in [7, 11) is -2.81. The van der Waals surface area contributed by atoms with E-state index in [-0.39, 0.29) is 24.2 Å². The molecule has 0 aromatic carbocycles. The Labute approximate surface area is 149 Å². The predicted octanol–water partition coefficient (Wildman–Crippen LogP) is -0.120. The van der Waals surface area contributed by atoms with Crippen LogP contribution in [0.4, 0.5) is 0 Å². The second kappa shape index (κ2) is 8.12. The molecule has 2 heterocycles. The second-order valence-electron chi connectivity index (χ2n) is 5.74. The highest BCUT2D eigenvalue weighted by Gasteiger charge is 2.41. The number of aromatic amines is 1. The minimum Gasteiger partial charge on any atom is -0.351 e. The van der Waals surface area contributed by atoms with Crippen LogP contribution in [0.25, 0.3) is 0 Å². The lowest BCUT2D eigenvalue weighted by Crippen LogP contribution is -2.33. The van der Waals surface area contributed by atoms with Gasteiger partial charge in [-0.3, -0.25) is 23.7 Å². The van der Waals surface area contributed by atoms with Crippen LogP contribution in [0.1, 0.15) is 38.5 Å². The summed E-state index contributed by atoms with van der Waals surface area (Å²) in [4.78, 5) is 47.1. The highest BCUT2D eigenvalue weighted by atomic mass is 31.2. The molecule has 0 spiro atoms. The van der Waals surface area contributed by atoms with E-state index in [2.05, 4.69) is 21.9 Å². The van der Waals surface area contributed by atoms with E-state index in [1.54, 1.807) is 6.92 Å². The zero-order valence-electron chi connectivity index (χ0n) is 14.5. The van der Waals surface area contributed by atoms with Crippen LogP contribution in [0.3, 0.4) is 0 Å². The molecule has 0 radical (unpaired) electrons. The van der Waals surface area contributed by atoms with E-state index in [1.165, 1.54) is 20.2 Å². The summed E-state index contributed by atoms with van der Waals surface area (Å²) in [6.45, 7) is 2.90. The monoisotopic (exact) mass is 385 g/mol. The third kappa shape index (κ3) is 4.78. The Bertz CT molecular complexity index is 910. The first-order valence-corrected chi connectivity index (χ1v) is 9.38. The predicted molar refractivity (Wildman–Crippen MR) is 91.5 cm³/mol. The number of ketones is 1. The minimum absolute atomic E-state index is 0.0368. The Morgan fingerprint density at radius 2 is 2.27 bits per heavy atom. The number of nitrogens with zero attached hydrogens (tertiary/aromatic N) is 1. The van der Waals surface area contributed by atoms with E-state index in [4.69, 9.17) is 9.26 Å². The normalized spacial score (nSPS) is 24.5. The van der Waals surface area contributed by atoms with Gasteiger partial charge in [-0.2, -0.15) is 0 Å². The highest BCUT2D eigenvalue weighted by molar-refractivity contribution is 7.50. The lowest BCUT2D eigenvalue weighted by atomic mass is 10.1. The minimum atomic E-state index is -4.07. The number of Topliss-reactive ketones (excluding diaryl/α,β-unsaturated/α-hetero) is 1. The number of H-pyrrole nitrogens is 1. The van der Waals surface area contributed by atoms with Crippen LogP contribution in [0.2, 0.25) is 0 Å². The van der Waals surface area contributed by atoms with Gasteiger partial charge in [0.15, 0.2) is 0 Å². The average molecular weight is 385 g/mol. The van der Waals surface area contributed by atoms with Gasteiger partial charge in [0.1, 0.15) is 17.6 Å². The molecule has 0 bridgehead atoms. The molecule has 1 saturated heterocycles. The molecule has 11 heteroatoms. The number of hydrogen-bond acceptors (Lipinski definition) is 6. The molecule has 1 fully saturated rings. The first-order chi connectivity index (χ1) is 12.2. The Morgan fingerprint density at radius 3 is 2.85 bits per heavy atom. The topological polar surface area (TPSA) is 140 Å². The summed E-state index contributed by atoms with van der Waals surface area (Å²) in [5, 5.41) is 2.16. The van der Waals surface area contributed by atoms with Crippen molar-refractivity contribution in [3.8, 4) is 11.8 Å². The molecular formula is C15H20N3O7P. The van der Waals surface area contributed by atoms with Crippen LogP contribution in [0, 0.1) is 11.8 Å².